The number of aliphatic hydroxyl groups is 1. The first-order chi connectivity index (χ1) is 14.4. The Morgan fingerprint density at radius 3 is 2.40 bits per heavy atom. The molecule has 0 saturated carbocycles. The maximum atomic E-state index is 10.7. The molecule has 1 atom stereocenters. The monoisotopic (exact) mass is 407 g/mol. The van der Waals surface area contributed by atoms with Crippen LogP contribution in [0.25, 0.3) is 0 Å². The van der Waals surface area contributed by atoms with E-state index in [1.165, 1.54) is 16.7 Å². The smallest absolute Gasteiger partial charge is 0.122 e. The van der Waals surface area contributed by atoms with Crippen LogP contribution in [0.2, 0.25) is 0 Å². The van der Waals surface area contributed by atoms with E-state index in [1.54, 1.807) is 6.26 Å². The molecule has 3 aromatic rings. The number of furan rings is 1. The fourth-order valence-electron chi connectivity index (χ4n) is 3.49. The molecular formula is C26H33NO3. The number of hydrogen-bond donors (Lipinski definition) is 1. The van der Waals surface area contributed by atoms with Gasteiger partial charge in [0.15, 0.2) is 0 Å². The van der Waals surface area contributed by atoms with E-state index in [0.717, 1.165) is 23.6 Å². The van der Waals surface area contributed by atoms with Crippen molar-refractivity contribution in [3.8, 4) is 5.75 Å². The minimum absolute atomic E-state index is 0.255. The number of benzene rings is 2. The zero-order valence-corrected chi connectivity index (χ0v) is 18.5. The Balaban J connectivity index is 1.63. The van der Waals surface area contributed by atoms with Crippen LogP contribution in [-0.2, 0) is 13.1 Å². The third-order valence-electron chi connectivity index (χ3n) is 5.47. The van der Waals surface area contributed by atoms with Gasteiger partial charge in [0.1, 0.15) is 24.2 Å². The van der Waals surface area contributed by atoms with Crippen LogP contribution in [0.5, 0.6) is 5.75 Å². The first-order valence-electron chi connectivity index (χ1n) is 10.6. The lowest BCUT2D eigenvalue weighted by molar-refractivity contribution is 0.0602. The van der Waals surface area contributed by atoms with Crippen LogP contribution in [-0.4, -0.2) is 29.3 Å². The summed E-state index contributed by atoms with van der Waals surface area (Å²) in [6.45, 7) is 10.6. The van der Waals surface area contributed by atoms with Gasteiger partial charge in [0.25, 0.3) is 0 Å². The minimum Gasteiger partial charge on any atom is -0.491 e. The lowest BCUT2D eigenvalue weighted by Crippen LogP contribution is -2.35. The highest BCUT2D eigenvalue weighted by molar-refractivity contribution is 5.38. The summed E-state index contributed by atoms with van der Waals surface area (Å²) < 4.78 is 11.4. The van der Waals surface area contributed by atoms with Gasteiger partial charge in [-0.05, 0) is 60.2 Å². The van der Waals surface area contributed by atoms with Crippen LogP contribution in [0, 0.1) is 13.8 Å². The topological polar surface area (TPSA) is 45.8 Å². The lowest BCUT2D eigenvalue weighted by atomic mass is 10.0. The fraction of sp³-hybridized carbons (Fsp3) is 0.385. The highest BCUT2D eigenvalue weighted by Gasteiger charge is 2.16. The number of rotatable bonds is 10. The Bertz CT molecular complexity index is 901. The van der Waals surface area contributed by atoms with Crippen LogP contribution in [0.4, 0.5) is 0 Å². The van der Waals surface area contributed by atoms with Gasteiger partial charge in [-0.25, -0.2) is 0 Å². The van der Waals surface area contributed by atoms with Crippen molar-refractivity contribution in [3.05, 3.63) is 88.9 Å². The number of aliphatic hydroxyl groups excluding tert-OH is 1. The predicted octanol–water partition coefficient (Wildman–Crippen LogP) is 5.46. The maximum absolute atomic E-state index is 10.7. The quantitative estimate of drug-likeness (QED) is 0.485. The van der Waals surface area contributed by atoms with Crippen molar-refractivity contribution in [1.82, 2.24) is 4.90 Å². The average molecular weight is 408 g/mol. The molecule has 1 unspecified atom stereocenters. The zero-order valence-electron chi connectivity index (χ0n) is 18.5. The van der Waals surface area contributed by atoms with E-state index in [1.807, 2.05) is 31.2 Å². The Morgan fingerprint density at radius 2 is 1.73 bits per heavy atom. The van der Waals surface area contributed by atoms with E-state index >= 15 is 0 Å². The molecule has 1 aromatic heterocycles. The van der Waals surface area contributed by atoms with Crippen molar-refractivity contribution in [3.63, 3.8) is 0 Å². The van der Waals surface area contributed by atoms with Gasteiger partial charge >= 0.3 is 0 Å². The van der Waals surface area contributed by atoms with E-state index in [0.29, 0.717) is 19.0 Å². The number of ether oxygens (including phenoxy) is 1. The molecule has 0 aliphatic carbocycles. The second kappa shape index (κ2) is 10.5. The Labute approximate surface area is 180 Å². The summed E-state index contributed by atoms with van der Waals surface area (Å²) in [5, 5.41) is 10.7. The molecule has 0 fully saturated rings. The molecule has 0 saturated heterocycles. The minimum atomic E-state index is -0.602. The molecule has 0 radical (unpaired) electrons. The maximum Gasteiger partial charge on any atom is 0.122 e. The standard InChI is InChI=1S/C26H33NO3/c1-19(2)23-12-10-22(11-13-23)15-27(17-25-8-6-14-29-25)16-24(28)18-30-26-9-5-7-20(3)21(26)4/h5-14,19,24,28H,15-18H2,1-4H3. The molecule has 1 heterocycles. The summed E-state index contributed by atoms with van der Waals surface area (Å²) in [5.41, 5.74) is 4.85. The van der Waals surface area contributed by atoms with E-state index in [-0.39, 0.29) is 6.61 Å². The van der Waals surface area contributed by atoms with Crippen LogP contribution in [0.15, 0.2) is 65.3 Å². The molecule has 160 valence electrons. The summed E-state index contributed by atoms with van der Waals surface area (Å²) in [4.78, 5) is 2.19. The highest BCUT2D eigenvalue weighted by Crippen LogP contribution is 2.21. The van der Waals surface area contributed by atoms with Crippen molar-refractivity contribution < 1.29 is 14.3 Å². The van der Waals surface area contributed by atoms with Crippen molar-refractivity contribution >= 4 is 0 Å². The molecule has 0 spiro atoms. The van der Waals surface area contributed by atoms with Gasteiger partial charge in [0, 0.05) is 13.1 Å². The average Bonchev–Trinajstić information content (AvgIpc) is 3.22. The molecular weight excluding hydrogens is 374 g/mol. The van der Waals surface area contributed by atoms with Crippen molar-refractivity contribution in [2.45, 2.75) is 52.8 Å². The summed E-state index contributed by atoms with van der Waals surface area (Å²) in [6.07, 6.45) is 1.08. The summed E-state index contributed by atoms with van der Waals surface area (Å²) in [5.74, 6) is 2.23. The lowest BCUT2D eigenvalue weighted by Gasteiger charge is -2.25. The van der Waals surface area contributed by atoms with Gasteiger partial charge < -0.3 is 14.3 Å². The molecule has 0 amide bonds. The molecule has 1 N–H and O–H groups in total. The van der Waals surface area contributed by atoms with Crippen molar-refractivity contribution in [2.75, 3.05) is 13.2 Å². The molecule has 2 aromatic carbocycles. The van der Waals surface area contributed by atoms with Crippen LogP contribution in [0.3, 0.4) is 0 Å². The van der Waals surface area contributed by atoms with Crippen LogP contribution >= 0.6 is 0 Å². The normalized spacial score (nSPS) is 12.5. The van der Waals surface area contributed by atoms with Gasteiger partial charge in [0.05, 0.1) is 12.8 Å². The second-order valence-corrected chi connectivity index (χ2v) is 8.31. The zero-order chi connectivity index (χ0) is 21.5. The molecule has 30 heavy (non-hydrogen) atoms. The van der Waals surface area contributed by atoms with Gasteiger partial charge in [-0.3, -0.25) is 4.90 Å². The summed E-state index contributed by atoms with van der Waals surface area (Å²) in [7, 11) is 0. The van der Waals surface area contributed by atoms with Gasteiger partial charge in [-0.2, -0.15) is 0 Å². The first kappa shape index (κ1) is 22.1. The number of aryl methyl sites for hydroxylation is 1. The molecule has 0 aliphatic heterocycles. The first-order valence-corrected chi connectivity index (χ1v) is 10.6. The van der Waals surface area contributed by atoms with Crippen molar-refractivity contribution in [1.29, 1.82) is 0 Å². The van der Waals surface area contributed by atoms with Crippen molar-refractivity contribution in [2.24, 2.45) is 0 Å². The van der Waals surface area contributed by atoms with Crippen LogP contribution in [0.1, 0.15) is 47.8 Å². The van der Waals surface area contributed by atoms with E-state index in [2.05, 4.69) is 56.0 Å². The second-order valence-electron chi connectivity index (χ2n) is 8.31. The molecule has 4 nitrogen and oxygen atoms in total. The summed E-state index contributed by atoms with van der Waals surface area (Å²) >= 11 is 0. The third kappa shape index (κ3) is 6.22. The molecule has 3 rings (SSSR count). The fourth-order valence-corrected chi connectivity index (χ4v) is 3.49. The molecule has 0 bridgehead atoms. The Kier molecular flexibility index (Phi) is 7.72. The number of hydrogen-bond acceptors (Lipinski definition) is 4. The predicted molar refractivity (Wildman–Crippen MR) is 121 cm³/mol. The third-order valence-corrected chi connectivity index (χ3v) is 5.47. The summed E-state index contributed by atoms with van der Waals surface area (Å²) in [6, 6.07) is 18.6. The molecule has 4 heteroatoms. The van der Waals surface area contributed by atoms with Gasteiger partial charge in [0.2, 0.25) is 0 Å². The Hall–Kier alpha value is -2.56. The van der Waals surface area contributed by atoms with E-state index in [9.17, 15) is 5.11 Å². The number of nitrogens with zero attached hydrogens (tertiary/aromatic N) is 1. The highest BCUT2D eigenvalue weighted by atomic mass is 16.5. The largest absolute Gasteiger partial charge is 0.491 e. The van der Waals surface area contributed by atoms with Gasteiger partial charge in [-0.1, -0.05) is 50.2 Å². The SMILES string of the molecule is Cc1cccc(OCC(O)CN(Cc2ccc(C(C)C)cc2)Cc2ccco2)c1C. The van der Waals surface area contributed by atoms with Gasteiger partial charge in [-0.15, -0.1) is 0 Å². The Morgan fingerprint density at radius 1 is 0.967 bits per heavy atom. The molecule has 0 aliphatic rings. The van der Waals surface area contributed by atoms with Crippen LogP contribution < -0.4 is 4.74 Å². The van der Waals surface area contributed by atoms with E-state index in [4.69, 9.17) is 9.15 Å². The van der Waals surface area contributed by atoms with E-state index < -0.39 is 6.10 Å².